The molecule has 0 radical (unpaired) electrons. The molecule has 3 heterocycles. The van der Waals surface area contributed by atoms with Gasteiger partial charge in [0, 0.05) is 0 Å². The van der Waals surface area contributed by atoms with Crippen molar-refractivity contribution < 1.29 is 98.4 Å². The second kappa shape index (κ2) is 10.2. The molecular formula is C10H14N5Na2O8P. The molecule has 1 aliphatic heterocycles. The van der Waals surface area contributed by atoms with Crippen LogP contribution in [0.5, 0.6) is 0 Å². The Morgan fingerprint density at radius 1 is 1.38 bits per heavy atom. The van der Waals surface area contributed by atoms with Crippen molar-refractivity contribution in [2.24, 2.45) is 0 Å². The zero-order valence-corrected chi connectivity index (χ0v) is 18.8. The van der Waals surface area contributed by atoms with Gasteiger partial charge in [-0.2, -0.15) is 0 Å². The molecule has 1 aliphatic rings. The molecule has 0 saturated carbocycles. The third kappa shape index (κ3) is 5.43. The number of anilines is 1. The standard InChI is InChI=1S/C10H13N5O7P.2Na.H2O/c11-8-5-9(13-2-12-8)15(3-14-5)10-7(17)6(16)4(22-10)1-21-23(18,19)20;;;/h2-4,6-7,10,16H,1H2,(H2,11,12,13)(H2,18,19,20);;;1H2/q-1;2*+1;/p-1. The van der Waals surface area contributed by atoms with E-state index in [4.69, 9.17) is 15.4 Å². The number of ether oxygens (including phenoxy) is 1. The predicted molar refractivity (Wildman–Crippen MR) is 72.8 cm³/mol. The molecule has 1 fully saturated rings. The molecule has 3 rings (SSSR count). The van der Waals surface area contributed by atoms with Crippen molar-refractivity contribution in [3.8, 4) is 0 Å². The number of imidazole rings is 1. The minimum absolute atomic E-state index is 0. The number of aliphatic hydroxyl groups excluding tert-OH is 1. The molecule has 134 valence electrons. The topological polar surface area (TPSA) is 223 Å². The van der Waals surface area contributed by atoms with E-state index in [1.54, 1.807) is 0 Å². The molecule has 26 heavy (non-hydrogen) atoms. The summed E-state index contributed by atoms with van der Waals surface area (Å²) in [4.78, 5) is 30.9. The molecule has 6 N–H and O–H groups in total. The monoisotopic (exact) mass is 409 g/mol. The third-order valence-corrected chi connectivity index (χ3v) is 3.85. The van der Waals surface area contributed by atoms with Gasteiger partial charge in [0.1, 0.15) is 24.2 Å². The summed E-state index contributed by atoms with van der Waals surface area (Å²) in [6.07, 6.45) is -3.21. The number of rotatable bonds is 4. The normalized spacial score (nSPS) is 27.1. The molecule has 0 aromatic carbocycles. The number of hydrogen-bond donors (Lipinski definition) is 3. The summed E-state index contributed by atoms with van der Waals surface area (Å²) >= 11 is 0. The number of hydrogen-bond acceptors (Lipinski definition) is 10. The van der Waals surface area contributed by atoms with E-state index in [2.05, 4.69) is 19.5 Å². The minimum Gasteiger partial charge on any atom is -0.847 e. The van der Waals surface area contributed by atoms with Crippen LogP contribution in [0.3, 0.4) is 0 Å². The molecular weight excluding hydrogens is 395 g/mol. The first-order valence-corrected chi connectivity index (χ1v) is 7.88. The summed E-state index contributed by atoms with van der Waals surface area (Å²) in [5.41, 5.74) is 6.14. The predicted octanol–water partition coefficient (Wildman–Crippen LogP) is -9.94. The van der Waals surface area contributed by atoms with E-state index in [1.165, 1.54) is 17.2 Å². The van der Waals surface area contributed by atoms with Crippen molar-refractivity contribution in [2.45, 2.75) is 24.5 Å². The average Bonchev–Trinajstić information content (AvgIpc) is 3.01. The Hall–Kier alpha value is 0.300. The molecule has 5 unspecified atom stereocenters. The average molecular weight is 409 g/mol. The van der Waals surface area contributed by atoms with Gasteiger partial charge in [-0.25, -0.2) is 15.0 Å². The fraction of sp³-hybridized carbons (Fsp3) is 0.500. The Balaban J connectivity index is 0.00000208. The first kappa shape index (κ1) is 26.3. The molecule has 1 saturated heterocycles. The molecule has 2 aromatic heterocycles. The molecule has 0 aliphatic carbocycles. The maximum Gasteiger partial charge on any atom is 1.00 e. The van der Waals surface area contributed by atoms with Crippen molar-refractivity contribution in [3.05, 3.63) is 12.7 Å². The minimum atomic E-state index is -4.99. The zero-order valence-electron chi connectivity index (χ0n) is 13.9. The molecule has 5 atom stereocenters. The smallest absolute Gasteiger partial charge is 0.847 e. The number of aliphatic hydroxyl groups is 1. The molecule has 0 bridgehead atoms. The van der Waals surface area contributed by atoms with Crippen molar-refractivity contribution in [2.75, 3.05) is 12.3 Å². The Labute approximate surface area is 191 Å². The van der Waals surface area contributed by atoms with Crippen LogP contribution in [0.15, 0.2) is 12.7 Å². The van der Waals surface area contributed by atoms with Crippen LogP contribution in [0.4, 0.5) is 5.82 Å². The van der Waals surface area contributed by atoms with Crippen molar-refractivity contribution in [1.82, 2.24) is 19.5 Å². The van der Waals surface area contributed by atoms with Gasteiger partial charge >= 0.3 is 59.1 Å². The fourth-order valence-corrected chi connectivity index (χ4v) is 2.64. The van der Waals surface area contributed by atoms with Crippen LogP contribution in [0.1, 0.15) is 6.23 Å². The van der Waals surface area contributed by atoms with Crippen LogP contribution in [0, 0.1) is 0 Å². The maximum atomic E-state index is 12.2. The molecule has 13 nitrogen and oxygen atoms in total. The number of fused-ring (bicyclic) bond motifs is 1. The SMILES string of the molecule is Nc1ncnc2c1ncn2C1OC(COP(=O)([O-])O)C(O)C1[O-].O.[Na+].[Na+]. The number of phosphoric ester groups is 1. The number of nitrogen functional groups attached to an aromatic ring is 1. The molecule has 0 amide bonds. The first-order chi connectivity index (χ1) is 10.8. The zero-order chi connectivity index (χ0) is 16.8. The number of aromatic nitrogens is 4. The van der Waals surface area contributed by atoms with Crippen LogP contribution < -0.4 is 74.8 Å². The maximum absolute atomic E-state index is 12.2. The molecule has 0 spiro atoms. The van der Waals surface area contributed by atoms with Gasteiger partial charge in [0.15, 0.2) is 11.5 Å². The summed E-state index contributed by atoms with van der Waals surface area (Å²) in [5.74, 6) is 0.113. The third-order valence-electron chi connectivity index (χ3n) is 3.38. The van der Waals surface area contributed by atoms with E-state index in [-0.39, 0.29) is 81.6 Å². The van der Waals surface area contributed by atoms with Gasteiger partial charge in [0.2, 0.25) is 0 Å². The van der Waals surface area contributed by atoms with E-state index in [0.717, 1.165) is 0 Å². The molecule has 16 heteroatoms. The summed E-state index contributed by atoms with van der Waals surface area (Å²) in [6, 6.07) is 0. The van der Waals surface area contributed by atoms with Crippen LogP contribution >= 0.6 is 7.82 Å². The van der Waals surface area contributed by atoms with Crippen molar-refractivity contribution in [1.29, 1.82) is 0 Å². The van der Waals surface area contributed by atoms with E-state index >= 15 is 0 Å². The Morgan fingerprint density at radius 3 is 2.65 bits per heavy atom. The van der Waals surface area contributed by atoms with Crippen LogP contribution in [0.25, 0.3) is 11.2 Å². The number of phosphoric acid groups is 1. The Kier molecular flexibility index (Phi) is 10.3. The Bertz CT molecular complexity index is 775. The van der Waals surface area contributed by atoms with Crippen molar-refractivity contribution in [3.63, 3.8) is 0 Å². The molecule has 2 aromatic rings. The van der Waals surface area contributed by atoms with E-state index in [0.29, 0.717) is 0 Å². The van der Waals surface area contributed by atoms with Crippen LogP contribution in [-0.4, -0.2) is 59.9 Å². The van der Waals surface area contributed by atoms with Gasteiger partial charge in [0.25, 0.3) is 7.82 Å². The van der Waals surface area contributed by atoms with Gasteiger partial charge < -0.3 is 40.5 Å². The summed E-state index contributed by atoms with van der Waals surface area (Å²) in [7, 11) is -4.99. The number of nitrogens with two attached hydrogens (primary N) is 1. The van der Waals surface area contributed by atoms with Crippen molar-refractivity contribution >= 4 is 24.8 Å². The van der Waals surface area contributed by atoms with E-state index in [9.17, 15) is 19.7 Å². The van der Waals surface area contributed by atoms with Gasteiger partial charge in [-0.15, -0.1) is 0 Å². The van der Waals surface area contributed by atoms with E-state index in [1.807, 2.05) is 0 Å². The van der Waals surface area contributed by atoms with E-state index < -0.39 is 39.0 Å². The quantitative estimate of drug-likeness (QED) is 0.317. The van der Waals surface area contributed by atoms with Gasteiger partial charge in [-0.3, -0.25) is 9.13 Å². The number of nitrogens with zero attached hydrogens (tertiary/aromatic N) is 4. The second-order valence-electron chi connectivity index (χ2n) is 4.87. The fourth-order valence-electron chi connectivity index (χ4n) is 2.30. The Morgan fingerprint density at radius 2 is 2.04 bits per heavy atom. The van der Waals surface area contributed by atoms with Crippen LogP contribution in [-0.2, 0) is 13.8 Å². The summed E-state index contributed by atoms with van der Waals surface area (Å²) < 4.78 is 21.4. The van der Waals surface area contributed by atoms with Crippen LogP contribution in [0.2, 0.25) is 0 Å². The van der Waals surface area contributed by atoms with Gasteiger partial charge in [0.05, 0.1) is 19.0 Å². The first-order valence-electron chi connectivity index (χ1n) is 6.38. The van der Waals surface area contributed by atoms with Gasteiger partial charge in [-0.05, 0) is 6.10 Å². The summed E-state index contributed by atoms with van der Waals surface area (Å²) in [5, 5.41) is 22.1. The summed E-state index contributed by atoms with van der Waals surface area (Å²) in [6.45, 7) is -0.697. The van der Waals surface area contributed by atoms with Gasteiger partial charge in [-0.1, -0.05) is 0 Å². The largest absolute Gasteiger partial charge is 1.00 e. The second-order valence-corrected chi connectivity index (χ2v) is 6.06.